The highest BCUT2D eigenvalue weighted by molar-refractivity contribution is 6.32. The zero-order valence-electron chi connectivity index (χ0n) is 18.3. The molecule has 1 N–H and O–H groups in total. The number of hydrogen-bond donors (Lipinski definition) is 1. The maximum Gasteiger partial charge on any atom is 0.333 e. The molecule has 0 aliphatic carbocycles. The zero-order valence-corrected chi connectivity index (χ0v) is 19.1. The number of hydrogen-bond acceptors (Lipinski definition) is 4. The molecule has 0 unspecified atom stereocenters. The second-order valence-electron chi connectivity index (χ2n) is 7.52. The Morgan fingerprint density at radius 3 is 2.48 bits per heavy atom. The minimum absolute atomic E-state index is 0.163. The predicted molar refractivity (Wildman–Crippen MR) is 129 cm³/mol. The van der Waals surface area contributed by atoms with Gasteiger partial charge in [0.2, 0.25) is 0 Å². The van der Waals surface area contributed by atoms with E-state index in [4.69, 9.17) is 21.1 Å². The first kappa shape index (κ1) is 22.4. The highest BCUT2D eigenvalue weighted by atomic mass is 35.5. The van der Waals surface area contributed by atoms with E-state index < -0.39 is 11.9 Å². The van der Waals surface area contributed by atoms with Crippen LogP contribution >= 0.6 is 11.6 Å². The van der Waals surface area contributed by atoms with Crippen molar-refractivity contribution >= 4 is 35.3 Å². The molecule has 0 bridgehead atoms. The van der Waals surface area contributed by atoms with Gasteiger partial charge in [-0.1, -0.05) is 53.6 Å². The molecule has 1 heterocycles. The van der Waals surface area contributed by atoms with Crippen LogP contribution in [0.3, 0.4) is 0 Å². The van der Waals surface area contributed by atoms with Crippen molar-refractivity contribution in [2.75, 3.05) is 11.5 Å². The van der Waals surface area contributed by atoms with Crippen LogP contribution in [0.2, 0.25) is 5.02 Å². The number of carbonyl (C=O) groups is 2. The smallest absolute Gasteiger partial charge is 0.333 e. The average molecular weight is 463 g/mol. The third-order valence-electron chi connectivity index (χ3n) is 5.04. The topological polar surface area (TPSA) is 67.9 Å². The maximum absolute atomic E-state index is 12.9. The molecule has 3 aromatic rings. The van der Waals surface area contributed by atoms with E-state index in [1.807, 2.05) is 44.2 Å². The number of ether oxygens (including phenoxy) is 2. The van der Waals surface area contributed by atoms with Gasteiger partial charge in [0.25, 0.3) is 5.91 Å². The summed E-state index contributed by atoms with van der Waals surface area (Å²) in [5.41, 5.74) is 3.50. The van der Waals surface area contributed by atoms with Gasteiger partial charge in [0.1, 0.15) is 12.3 Å². The van der Waals surface area contributed by atoms with Crippen LogP contribution in [0.5, 0.6) is 11.5 Å². The molecule has 1 aliphatic heterocycles. The van der Waals surface area contributed by atoms with Crippen LogP contribution in [0, 0.1) is 6.92 Å². The van der Waals surface area contributed by atoms with Gasteiger partial charge in [-0.2, -0.15) is 0 Å². The van der Waals surface area contributed by atoms with E-state index in [1.54, 1.807) is 42.5 Å². The number of rotatable bonds is 7. The highest BCUT2D eigenvalue weighted by Gasteiger charge is 2.35. The Bertz CT molecular complexity index is 1220. The van der Waals surface area contributed by atoms with Gasteiger partial charge in [-0.05, 0) is 61.4 Å². The molecule has 0 saturated carbocycles. The van der Waals surface area contributed by atoms with E-state index in [-0.39, 0.29) is 5.70 Å². The quantitative estimate of drug-likeness (QED) is 0.360. The van der Waals surface area contributed by atoms with Crippen molar-refractivity contribution in [3.05, 3.63) is 94.1 Å². The van der Waals surface area contributed by atoms with E-state index in [0.29, 0.717) is 41.0 Å². The number of imide groups is 1. The molecule has 3 aromatic carbocycles. The summed E-state index contributed by atoms with van der Waals surface area (Å²) in [7, 11) is 0. The molecular weight excluding hydrogens is 440 g/mol. The lowest BCUT2D eigenvalue weighted by Crippen LogP contribution is -2.30. The first-order valence-corrected chi connectivity index (χ1v) is 10.9. The highest BCUT2D eigenvalue weighted by Crippen LogP contribution is 2.31. The number of carbonyl (C=O) groups excluding carboxylic acids is 2. The third kappa shape index (κ3) is 5.18. The molecule has 0 atom stereocenters. The molecule has 4 rings (SSSR count). The summed E-state index contributed by atoms with van der Waals surface area (Å²) in [5.74, 6) is 0.698. The van der Waals surface area contributed by atoms with Gasteiger partial charge < -0.3 is 14.8 Å². The molecule has 0 spiro atoms. The van der Waals surface area contributed by atoms with E-state index >= 15 is 0 Å². The van der Waals surface area contributed by atoms with Crippen LogP contribution < -0.4 is 19.7 Å². The van der Waals surface area contributed by atoms with Gasteiger partial charge in [0, 0.05) is 5.02 Å². The van der Waals surface area contributed by atoms with Crippen LogP contribution in [-0.2, 0) is 11.4 Å². The summed E-state index contributed by atoms with van der Waals surface area (Å²) in [5, 5.41) is 3.06. The Balaban J connectivity index is 1.55. The fraction of sp³-hybridized carbons (Fsp3) is 0.154. The summed E-state index contributed by atoms with van der Waals surface area (Å²) >= 11 is 6.01. The monoisotopic (exact) mass is 462 g/mol. The Hall–Kier alpha value is -3.77. The van der Waals surface area contributed by atoms with Crippen molar-refractivity contribution in [1.29, 1.82) is 0 Å². The SMILES string of the molecule is CCOc1cc(/C=C2/NC(=O)N(c3cccc(Cl)c3)C2=O)ccc1OCc1ccc(C)cc1. The third-order valence-corrected chi connectivity index (χ3v) is 5.27. The van der Waals surface area contributed by atoms with E-state index in [0.717, 1.165) is 10.5 Å². The fourth-order valence-electron chi connectivity index (χ4n) is 3.40. The molecule has 168 valence electrons. The van der Waals surface area contributed by atoms with Crippen molar-refractivity contribution in [2.45, 2.75) is 20.5 Å². The number of anilines is 1. The summed E-state index contributed by atoms with van der Waals surface area (Å²) < 4.78 is 11.7. The predicted octanol–water partition coefficient (Wildman–Crippen LogP) is 5.72. The van der Waals surface area contributed by atoms with Gasteiger partial charge in [0.05, 0.1) is 12.3 Å². The second kappa shape index (κ2) is 9.79. The maximum atomic E-state index is 12.9. The van der Waals surface area contributed by atoms with Crippen molar-refractivity contribution < 1.29 is 19.1 Å². The van der Waals surface area contributed by atoms with Crippen LogP contribution in [0.4, 0.5) is 10.5 Å². The van der Waals surface area contributed by atoms with Crippen LogP contribution in [-0.4, -0.2) is 18.5 Å². The zero-order chi connectivity index (χ0) is 23.4. The average Bonchev–Trinajstić information content (AvgIpc) is 3.07. The molecule has 0 radical (unpaired) electrons. The molecule has 6 nitrogen and oxygen atoms in total. The lowest BCUT2D eigenvalue weighted by Gasteiger charge is -2.13. The Labute approximate surface area is 197 Å². The van der Waals surface area contributed by atoms with Crippen LogP contribution in [0.15, 0.2) is 72.4 Å². The minimum atomic E-state index is -0.531. The molecule has 3 amide bonds. The molecule has 1 saturated heterocycles. The molecule has 0 aromatic heterocycles. The number of benzene rings is 3. The second-order valence-corrected chi connectivity index (χ2v) is 7.96. The van der Waals surface area contributed by atoms with Crippen molar-refractivity contribution in [3.8, 4) is 11.5 Å². The van der Waals surface area contributed by atoms with Crippen molar-refractivity contribution in [1.82, 2.24) is 5.32 Å². The number of amides is 3. The van der Waals surface area contributed by atoms with Gasteiger partial charge >= 0.3 is 6.03 Å². The van der Waals surface area contributed by atoms with E-state index in [2.05, 4.69) is 5.32 Å². The summed E-state index contributed by atoms with van der Waals surface area (Å²) in [6.45, 7) is 4.79. The lowest BCUT2D eigenvalue weighted by molar-refractivity contribution is -0.113. The van der Waals surface area contributed by atoms with E-state index in [9.17, 15) is 9.59 Å². The molecule has 1 fully saturated rings. The molecule has 7 heteroatoms. The van der Waals surface area contributed by atoms with Gasteiger partial charge in [-0.25, -0.2) is 9.69 Å². The Kier molecular flexibility index (Phi) is 6.66. The standard InChI is InChI=1S/C26H23ClN2O4/c1-3-32-24-14-19(11-12-23(24)33-16-18-9-7-17(2)8-10-18)13-22-25(30)29(26(31)28-22)21-6-4-5-20(27)15-21/h4-15H,3,16H2,1-2H3,(H,28,31)/b22-13+. The molecular formula is C26H23ClN2O4. The number of nitrogens with zero attached hydrogens (tertiary/aromatic N) is 1. The minimum Gasteiger partial charge on any atom is -0.490 e. The summed E-state index contributed by atoms with van der Waals surface area (Å²) in [6.07, 6.45) is 1.61. The van der Waals surface area contributed by atoms with Gasteiger partial charge in [-0.15, -0.1) is 0 Å². The molecule has 33 heavy (non-hydrogen) atoms. The Morgan fingerprint density at radius 2 is 1.76 bits per heavy atom. The summed E-state index contributed by atoms with van der Waals surface area (Å²) in [6, 6.07) is 19.6. The largest absolute Gasteiger partial charge is 0.490 e. The normalized spacial score (nSPS) is 14.5. The van der Waals surface area contributed by atoms with Crippen molar-refractivity contribution in [3.63, 3.8) is 0 Å². The van der Waals surface area contributed by atoms with Gasteiger partial charge in [0.15, 0.2) is 11.5 Å². The van der Waals surface area contributed by atoms with Crippen LogP contribution in [0.25, 0.3) is 6.08 Å². The number of urea groups is 1. The van der Waals surface area contributed by atoms with Crippen LogP contribution in [0.1, 0.15) is 23.6 Å². The fourth-order valence-corrected chi connectivity index (χ4v) is 3.58. The number of halogens is 1. The summed E-state index contributed by atoms with van der Waals surface area (Å²) in [4.78, 5) is 26.4. The Morgan fingerprint density at radius 1 is 0.970 bits per heavy atom. The first-order chi connectivity index (χ1) is 15.9. The number of aryl methyl sites for hydroxylation is 1. The first-order valence-electron chi connectivity index (χ1n) is 10.5. The van der Waals surface area contributed by atoms with Gasteiger partial charge in [-0.3, -0.25) is 4.79 Å². The van der Waals surface area contributed by atoms with E-state index in [1.165, 1.54) is 5.56 Å². The number of nitrogens with one attached hydrogen (secondary N) is 1. The molecule has 1 aliphatic rings. The lowest BCUT2D eigenvalue weighted by atomic mass is 10.1. The van der Waals surface area contributed by atoms with Crippen molar-refractivity contribution in [2.24, 2.45) is 0 Å².